The lowest BCUT2D eigenvalue weighted by atomic mass is 10.2. The van der Waals surface area contributed by atoms with E-state index in [1.54, 1.807) is 11.3 Å². The molecule has 3 nitrogen and oxygen atoms in total. The molecule has 2 rings (SSSR count). The third-order valence-corrected chi connectivity index (χ3v) is 3.08. The molecule has 0 amide bonds. The Bertz CT molecular complexity index is 544. The van der Waals surface area contributed by atoms with Crippen molar-refractivity contribution in [2.45, 2.75) is 19.4 Å². The van der Waals surface area contributed by atoms with E-state index in [-0.39, 0.29) is 11.3 Å². The van der Waals surface area contributed by atoms with Crippen molar-refractivity contribution in [1.29, 1.82) is 0 Å². The van der Waals surface area contributed by atoms with Crippen molar-refractivity contribution in [2.75, 3.05) is 5.32 Å². The van der Waals surface area contributed by atoms with E-state index in [4.69, 9.17) is 18.0 Å². The second-order valence-electron chi connectivity index (χ2n) is 3.43. The molecule has 0 aliphatic carbocycles. The summed E-state index contributed by atoms with van der Waals surface area (Å²) in [7, 11) is 0. The highest BCUT2D eigenvalue weighted by molar-refractivity contribution is 7.16. The number of thiophene rings is 1. The van der Waals surface area contributed by atoms with Gasteiger partial charge in [-0.2, -0.15) is 0 Å². The molecule has 0 fully saturated rings. The number of anilines is 1. The normalized spacial score (nSPS) is 12.3. The van der Waals surface area contributed by atoms with Gasteiger partial charge in [-0.3, -0.25) is 0 Å². The molecular formula is C11H10ClN3S. The molecular weight excluding hydrogens is 242 g/mol. The highest BCUT2D eigenvalue weighted by Crippen LogP contribution is 2.26. The highest BCUT2D eigenvalue weighted by atomic mass is 35.5. The van der Waals surface area contributed by atoms with Gasteiger partial charge in [0.1, 0.15) is 10.6 Å². The summed E-state index contributed by atoms with van der Waals surface area (Å²) >= 11 is 7.39. The van der Waals surface area contributed by atoms with Gasteiger partial charge in [0.05, 0.1) is 5.39 Å². The maximum absolute atomic E-state index is 5.85. The minimum atomic E-state index is 0.166. The molecule has 0 aliphatic rings. The third kappa shape index (κ3) is 2.26. The molecule has 2 heterocycles. The minimum Gasteiger partial charge on any atom is -0.366 e. The quantitative estimate of drug-likeness (QED) is 0.673. The zero-order chi connectivity index (χ0) is 11.5. The van der Waals surface area contributed by atoms with E-state index in [0.29, 0.717) is 6.42 Å². The molecule has 1 unspecified atom stereocenters. The number of nitrogens with zero attached hydrogens (tertiary/aromatic N) is 2. The Kier molecular flexibility index (Phi) is 3.28. The SMILES string of the molecule is C#CCC(C)Nc1nc(Cl)nc2sccc12. The monoisotopic (exact) mass is 251 g/mol. The van der Waals surface area contributed by atoms with E-state index < -0.39 is 0 Å². The minimum absolute atomic E-state index is 0.166. The molecule has 0 aliphatic heterocycles. The van der Waals surface area contributed by atoms with Crippen molar-refractivity contribution in [3.63, 3.8) is 0 Å². The Morgan fingerprint density at radius 3 is 3.19 bits per heavy atom. The van der Waals surface area contributed by atoms with Crippen LogP contribution in [0.2, 0.25) is 5.28 Å². The summed E-state index contributed by atoms with van der Waals surface area (Å²) in [6.45, 7) is 2.01. The van der Waals surface area contributed by atoms with E-state index in [9.17, 15) is 0 Å². The van der Waals surface area contributed by atoms with Gasteiger partial charge in [-0.15, -0.1) is 23.7 Å². The van der Waals surface area contributed by atoms with Gasteiger partial charge in [0, 0.05) is 12.5 Å². The van der Waals surface area contributed by atoms with E-state index in [2.05, 4.69) is 21.2 Å². The summed E-state index contributed by atoms with van der Waals surface area (Å²) in [4.78, 5) is 9.20. The van der Waals surface area contributed by atoms with Gasteiger partial charge in [-0.25, -0.2) is 9.97 Å². The fourth-order valence-corrected chi connectivity index (χ4v) is 2.38. The average Bonchev–Trinajstić information content (AvgIpc) is 2.65. The summed E-state index contributed by atoms with van der Waals surface area (Å²) in [5, 5.41) is 6.45. The molecule has 1 N–H and O–H groups in total. The lowest BCUT2D eigenvalue weighted by molar-refractivity contribution is 0.823. The fourth-order valence-electron chi connectivity index (χ4n) is 1.40. The van der Waals surface area contributed by atoms with Crippen LogP contribution in [0.3, 0.4) is 0 Å². The van der Waals surface area contributed by atoms with E-state index in [1.807, 2.05) is 18.4 Å². The summed E-state index contributed by atoms with van der Waals surface area (Å²) in [6.07, 6.45) is 5.90. The van der Waals surface area contributed by atoms with Gasteiger partial charge in [0.2, 0.25) is 5.28 Å². The van der Waals surface area contributed by atoms with Crippen LogP contribution in [0.15, 0.2) is 11.4 Å². The van der Waals surface area contributed by atoms with E-state index in [1.165, 1.54) is 0 Å². The van der Waals surface area contributed by atoms with Crippen LogP contribution in [0.25, 0.3) is 10.2 Å². The van der Waals surface area contributed by atoms with Crippen LogP contribution in [0, 0.1) is 12.3 Å². The van der Waals surface area contributed by atoms with Gasteiger partial charge in [0.15, 0.2) is 0 Å². The second-order valence-corrected chi connectivity index (χ2v) is 4.67. The molecule has 0 bridgehead atoms. The third-order valence-electron chi connectivity index (χ3n) is 2.10. The molecule has 1 atom stereocenters. The van der Waals surface area contributed by atoms with Crippen LogP contribution >= 0.6 is 22.9 Å². The van der Waals surface area contributed by atoms with E-state index in [0.717, 1.165) is 16.0 Å². The second kappa shape index (κ2) is 4.69. The first-order valence-corrected chi connectivity index (χ1v) is 6.07. The number of nitrogens with one attached hydrogen (secondary N) is 1. The van der Waals surface area contributed by atoms with Crippen molar-refractivity contribution < 1.29 is 0 Å². The molecule has 0 spiro atoms. The zero-order valence-corrected chi connectivity index (χ0v) is 10.3. The Balaban J connectivity index is 2.36. The van der Waals surface area contributed by atoms with Crippen LogP contribution < -0.4 is 5.32 Å². The number of fused-ring (bicyclic) bond motifs is 1. The van der Waals surface area contributed by atoms with Gasteiger partial charge in [-0.1, -0.05) is 0 Å². The van der Waals surface area contributed by atoms with Crippen molar-refractivity contribution in [3.8, 4) is 12.3 Å². The van der Waals surface area contributed by atoms with Crippen LogP contribution in [-0.4, -0.2) is 16.0 Å². The van der Waals surface area contributed by atoms with Crippen LogP contribution in [0.5, 0.6) is 0 Å². The van der Waals surface area contributed by atoms with E-state index >= 15 is 0 Å². The van der Waals surface area contributed by atoms with Gasteiger partial charge < -0.3 is 5.32 Å². The Hall–Kier alpha value is -1.31. The van der Waals surface area contributed by atoms with Crippen molar-refractivity contribution in [3.05, 3.63) is 16.7 Å². The molecule has 0 saturated carbocycles. The summed E-state index contributed by atoms with van der Waals surface area (Å²) in [6, 6.07) is 2.14. The Morgan fingerprint density at radius 1 is 1.62 bits per heavy atom. The molecule has 82 valence electrons. The predicted octanol–water partition coefficient (Wildman–Crippen LogP) is 3.17. The Morgan fingerprint density at radius 2 is 2.44 bits per heavy atom. The van der Waals surface area contributed by atoms with Gasteiger partial charge >= 0.3 is 0 Å². The molecule has 0 radical (unpaired) electrons. The number of aromatic nitrogens is 2. The van der Waals surface area contributed by atoms with Crippen molar-refractivity contribution >= 4 is 39.0 Å². The maximum atomic E-state index is 5.85. The number of terminal acetylenes is 1. The molecule has 2 aromatic rings. The van der Waals surface area contributed by atoms with Crippen LogP contribution in [0.4, 0.5) is 5.82 Å². The summed E-state index contributed by atoms with van der Waals surface area (Å²) in [5.41, 5.74) is 0. The summed E-state index contributed by atoms with van der Waals surface area (Å²) in [5.74, 6) is 3.36. The van der Waals surface area contributed by atoms with Crippen LogP contribution in [0.1, 0.15) is 13.3 Å². The summed E-state index contributed by atoms with van der Waals surface area (Å²) < 4.78 is 0. The van der Waals surface area contributed by atoms with Crippen LogP contribution in [-0.2, 0) is 0 Å². The number of halogens is 1. The van der Waals surface area contributed by atoms with Gasteiger partial charge in [0.25, 0.3) is 0 Å². The standard InChI is InChI=1S/C11H10ClN3S/c1-3-4-7(2)13-9-8-5-6-16-10(8)15-11(12)14-9/h1,5-7H,4H2,2H3,(H,13,14,15). The van der Waals surface area contributed by atoms with Crippen molar-refractivity contribution in [2.24, 2.45) is 0 Å². The molecule has 16 heavy (non-hydrogen) atoms. The molecule has 2 aromatic heterocycles. The molecule has 5 heteroatoms. The largest absolute Gasteiger partial charge is 0.366 e. The predicted molar refractivity (Wildman–Crippen MR) is 69.0 cm³/mol. The smallest absolute Gasteiger partial charge is 0.225 e. The van der Waals surface area contributed by atoms with Gasteiger partial charge in [-0.05, 0) is 30.0 Å². The number of hydrogen-bond donors (Lipinski definition) is 1. The molecule has 0 saturated heterocycles. The first kappa shape index (κ1) is 11.2. The highest BCUT2D eigenvalue weighted by Gasteiger charge is 2.09. The van der Waals surface area contributed by atoms with Crippen molar-refractivity contribution in [1.82, 2.24) is 9.97 Å². The lowest BCUT2D eigenvalue weighted by Crippen LogP contribution is -2.15. The average molecular weight is 252 g/mol. The first-order valence-electron chi connectivity index (χ1n) is 4.81. The molecule has 0 aromatic carbocycles. The Labute approximate surface area is 103 Å². The number of rotatable bonds is 3. The first-order chi connectivity index (χ1) is 7.70. The zero-order valence-electron chi connectivity index (χ0n) is 8.70. The lowest BCUT2D eigenvalue weighted by Gasteiger charge is -2.12. The maximum Gasteiger partial charge on any atom is 0.225 e. The fraction of sp³-hybridized carbons (Fsp3) is 0.273. The number of hydrogen-bond acceptors (Lipinski definition) is 4. The topological polar surface area (TPSA) is 37.8 Å².